The highest BCUT2D eigenvalue weighted by Gasteiger charge is 2.05. The molecule has 2 rings (SSSR count). The van der Waals surface area contributed by atoms with Crippen molar-refractivity contribution in [2.45, 2.75) is 40.0 Å². The molecular formula is C18H29IN6O. The van der Waals surface area contributed by atoms with Crippen molar-refractivity contribution in [3.8, 4) is 0 Å². The number of halogens is 1. The maximum absolute atomic E-state index is 5.68. The van der Waals surface area contributed by atoms with Crippen molar-refractivity contribution in [1.82, 2.24) is 25.4 Å². The standard InChI is InChI=1S/C18H28N6O.HI/c1-4-10-25-13-16-9-7-6-8-15(16)11-20-18(19-5-2)21-12-17-22-14-23-24(17)3;/h6-9,14H,4-5,10-13H2,1-3H3,(H2,19,20,21);1H. The normalized spacial score (nSPS) is 11.1. The lowest BCUT2D eigenvalue weighted by atomic mass is 10.1. The maximum atomic E-state index is 5.68. The van der Waals surface area contributed by atoms with Gasteiger partial charge >= 0.3 is 0 Å². The molecule has 26 heavy (non-hydrogen) atoms. The molecule has 0 saturated carbocycles. The van der Waals surface area contributed by atoms with Gasteiger partial charge in [-0.2, -0.15) is 5.10 Å². The van der Waals surface area contributed by atoms with E-state index in [4.69, 9.17) is 4.74 Å². The van der Waals surface area contributed by atoms with Crippen LogP contribution in [0, 0.1) is 0 Å². The Morgan fingerprint density at radius 1 is 1.19 bits per heavy atom. The fraction of sp³-hybridized carbons (Fsp3) is 0.500. The number of guanidine groups is 1. The zero-order chi connectivity index (χ0) is 17.9. The Kier molecular flexibility index (Phi) is 10.9. The Bertz CT molecular complexity index is 673. The minimum absolute atomic E-state index is 0. The summed E-state index contributed by atoms with van der Waals surface area (Å²) in [5.74, 6) is 1.62. The highest BCUT2D eigenvalue weighted by atomic mass is 127. The van der Waals surface area contributed by atoms with Crippen molar-refractivity contribution in [2.24, 2.45) is 12.0 Å². The first-order chi connectivity index (χ1) is 12.2. The second-order valence-electron chi connectivity index (χ2n) is 5.67. The van der Waals surface area contributed by atoms with Crippen LogP contribution in [0.3, 0.4) is 0 Å². The second kappa shape index (κ2) is 12.6. The van der Waals surface area contributed by atoms with Crippen LogP contribution in [0.5, 0.6) is 0 Å². The van der Waals surface area contributed by atoms with Gasteiger partial charge in [0.25, 0.3) is 0 Å². The van der Waals surface area contributed by atoms with Crippen molar-refractivity contribution in [3.05, 3.63) is 47.5 Å². The first-order valence-corrected chi connectivity index (χ1v) is 8.74. The van der Waals surface area contributed by atoms with Crippen LogP contribution in [-0.4, -0.2) is 33.9 Å². The molecule has 0 atom stereocenters. The van der Waals surface area contributed by atoms with Crippen molar-refractivity contribution in [3.63, 3.8) is 0 Å². The molecule has 0 unspecified atom stereocenters. The van der Waals surface area contributed by atoms with E-state index >= 15 is 0 Å². The zero-order valence-corrected chi connectivity index (χ0v) is 18.1. The fourth-order valence-electron chi connectivity index (χ4n) is 2.33. The smallest absolute Gasteiger partial charge is 0.191 e. The molecule has 0 aliphatic rings. The van der Waals surface area contributed by atoms with Gasteiger partial charge in [0.05, 0.1) is 19.7 Å². The number of nitrogens with zero attached hydrogens (tertiary/aromatic N) is 4. The fourth-order valence-corrected chi connectivity index (χ4v) is 2.33. The molecule has 1 aromatic heterocycles. The van der Waals surface area contributed by atoms with Gasteiger partial charge in [0.1, 0.15) is 12.2 Å². The van der Waals surface area contributed by atoms with E-state index < -0.39 is 0 Å². The van der Waals surface area contributed by atoms with Crippen LogP contribution in [0.4, 0.5) is 0 Å². The Labute approximate surface area is 172 Å². The van der Waals surface area contributed by atoms with Crippen LogP contribution in [0.25, 0.3) is 0 Å². The van der Waals surface area contributed by atoms with Gasteiger partial charge in [0.2, 0.25) is 0 Å². The van der Waals surface area contributed by atoms with Crippen LogP contribution >= 0.6 is 24.0 Å². The molecule has 0 radical (unpaired) electrons. The van der Waals surface area contributed by atoms with E-state index in [9.17, 15) is 0 Å². The highest BCUT2D eigenvalue weighted by Crippen LogP contribution is 2.11. The molecule has 0 fully saturated rings. The average molecular weight is 472 g/mol. The molecule has 2 N–H and O–H groups in total. The zero-order valence-electron chi connectivity index (χ0n) is 15.7. The van der Waals surface area contributed by atoms with E-state index in [1.165, 1.54) is 11.1 Å². The van der Waals surface area contributed by atoms with Gasteiger partial charge in [-0.1, -0.05) is 31.2 Å². The van der Waals surface area contributed by atoms with E-state index in [0.29, 0.717) is 19.7 Å². The number of aromatic nitrogens is 3. The number of hydrogen-bond donors (Lipinski definition) is 2. The Hall–Kier alpha value is -1.68. The van der Waals surface area contributed by atoms with E-state index in [-0.39, 0.29) is 24.0 Å². The van der Waals surface area contributed by atoms with Gasteiger partial charge < -0.3 is 15.4 Å². The summed E-state index contributed by atoms with van der Waals surface area (Å²) in [6.07, 6.45) is 2.57. The first kappa shape index (κ1) is 22.4. The third-order valence-electron chi connectivity index (χ3n) is 3.70. The minimum Gasteiger partial charge on any atom is -0.377 e. The monoisotopic (exact) mass is 472 g/mol. The molecule has 144 valence electrons. The molecule has 1 aromatic carbocycles. The van der Waals surface area contributed by atoms with Gasteiger partial charge in [-0.05, 0) is 24.5 Å². The SMILES string of the molecule is CCCOCc1ccccc1CN=C(NCC)NCc1ncnn1C.I. The quantitative estimate of drug-likeness (QED) is 0.254. The molecule has 2 aromatic rings. The summed E-state index contributed by atoms with van der Waals surface area (Å²) in [4.78, 5) is 8.90. The summed E-state index contributed by atoms with van der Waals surface area (Å²) in [6, 6.07) is 8.27. The first-order valence-electron chi connectivity index (χ1n) is 8.74. The Balaban J connectivity index is 0.00000338. The minimum atomic E-state index is 0. The summed E-state index contributed by atoms with van der Waals surface area (Å²) in [5.41, 5.74) is 2.36. The van der Waals surface area contributed by atoms with Gasteiger partial charge in [-0.15, -0.1) is 24.0 Å². The lowest BCUT2D eigenvalue weighted by molar-refractivity contribution is 0.121. The van der Waals surface area contributed by atoms with Crippen molar-refractivity contribution >= 4 is 29.9 Å². The summed E-state index contributed by atoms with van der Waals surface area (Å²) >= 11 is 0. The topological polar surface area (TPSA) is 76.4 Å². The summed E-state index contributed by atoms with van der Waals surface area (Å²) in [6.45, 7) is 7.53. The van der Waals surface area contributed by atoms with E-state index in [1.807, 2.05) is 26.1 Å². The molecule has 0 saturated heterocycles. The second-order valence-corrected chi connectivity index (χ2v) is 5.67. The van der Waals surface area contributed by atoms with Crippen LogP contribution in [0.2, 0.25) is 0 Å². The number of hydrogen-bond acceptors (Lipinski definition) is 4. The highest BCUT2D eigenvalue weighted by molar-refractivity contribution is 14.0. The third kappa shape index (κ3) is 7.28. The average Bonchev–Trinajstić information content (AvgIpc) is 3.03. The van der Waals surface area contributed by atoms with Crippen LogP contribution in [0.1, 0.15) is 37.2 Å². The summed E-state index contributed by atoms with van der Waals surface area (Å²) in [5, 5.41) is 10.6. The third-order valence-corrected chi connectivity index (χ3v) is 3.70. The van der Waals surface area contributed by atoms with Crippen molar-refractivity contribution in [1.29, 1.82) is 0 Å². The van der Waals surface area contributed by atoms with Gasteiger partial charge in [-0.3, -0.25) is 4.68 Å². The largest absolute Gasteiger partial charge is 0.377 e. The Morgan fingerprint density at radius 3 is 2.62 bits per heavy atom. The molecule has 0 spiro atoms. The lowest BCUT2D eigenvalue weighted by Crippen LogP contribution is -2.37. The number of aliphatic imine (C=N–C) groups is 1. The predicted molar refractivity (Wildman–Crippen MR) is 114 cm³/mol. The van der Waals surface area contributed by atoms with E-state index in [2.05, 4.69) is 44.8 Å². The van der Waals surface area contributed by atoms with Crippen LogP contribution < -0.4 is 10.6 Å². The molecule has 0 bridgehead atoms. The molecule has 1 heterocycles. The number of benzene rings is 1. The van der Waals surface area contributed by atoms with Gasteiger partial charge in [0.15, 0.2) is 5.96 Å². The molecule has 7 nitrogen and oxygen atoms in total. The van der Waals surface area contributed by atoms with Gasteiger partial charge in [-0.25, -0.2) is 9.98 Å². The summed E-state index contributed by atoms with van der Waals surface area (Å²) in [7, 11) is 1.88. The number of nitrogens with one attached hydrogen (secondary N) is 2. The van der Waals surface area contributed by atoms with Crippen LogP contribution in [-0.2, 0) is 31.5 Å². The molecule has 0 amide bonds. The lowest BCUT2D eigenvalue weighted by Gasteiger charge is -2.12. The molecule has 0 aliphatic carbocycles. The summed E-state index contributed by atoms with van der Waals surface area (Å²) < 4.78 is 7.42. The van der Waals surface area contributed by atoms with E-state index in [0.717, 1.165) is 31.4 Å². The van der Waals surface area contributed by atoms with Crippen LogP contribution in [0.15, 0.2) is 35.6 Å². The number of aryl methyl sites for hydroxylation is 1. The number of rotatable bonds is 9. The maximum Gasteiger partial charge on any atom is 0.191 e. The molecule has 0 aliphatic heterocycles. The van der Waals surface area contributed by atoms with Crippen molar-refractivity contribution < 1.29 is 4.74 Å². The van der Waals surface area contributed by atoms with Crippen molar-refractivity contribution in [2.75, 3.05) is 13.2 Å². The van der Waals surface area contributed by atoms with Gasteiger partial charge in [0, 0.05) is 20.2 Å². The molecule has 8 heteroatoms. The number of ether oxygens (including phenoxy) is 1. The van der Waals surface area contributed by atoms with E-state index in [1.54, 1.807) is 11.0 Å². The Morgan fingerprint density at radius 2 is 1.96 bits per heavy atom. The molecular weight excluding hydrogens is 443 g/mol. The predicted octanol–water partition coefficient (Wildman–Crippen LogP) is 2.62.